The van der Waals surface area contributed by atoms with Crippen molar-refractivity contribution in [3.63, 3.8) is 0 Å². The number of ether oxygens (including phenoxy) is 3. The third-order valence-corrected chi connectivity index (χ3v) is 2.31. The minimum absolute atomic E-state index is 0.620. The minimum atomic E-state index is -6.69. The van der Waals surface area contributed by atoms with Crippen LogP contribution in [0.15, 0.2) is 0 Å². The van der Waals surface area contributed by atoms with Gasteiger partial charge in [-0.05, 0) is 11.6 Å². The standard InChI is InChI=1S/C10H8ClF9O5/c11-8(14,15)6(22)25-4-2-23-1-3-24-5(21)7(12,13)9(16,17)10(18,19)20/h1-4H2. The molecule has 15 heteroatoms. The van der Waals surface area contributed by atoms with Crippen molar-refractivity contribution in [1.82, 2.24) is 0 Å². The normalized spacial score (nSPS) is 13.5. The molecule has 0 unspecified atom stereocenters. The second-order valence-corrected chi connectivity index (χ2v) is 4.50. The quantitative estimate of drug-likeness (QED) is 0.251. The maximum atomic E-state index is 12.8. The van der Waals surface area contributed by atoms with Gasteiger partial charge in [0.05, 0.1) is 13.2 Å². The summed E-state index contributed by atoms with van der Waals surface area (Å²) in [5.74, 6) is -18.1. The molecule has 5 nitrogen and oxygen atoms in total. The van der Waals surface area contributed by atoms with Crippen LogP contribution in [0.2, 0.25) is 0 Å². The van der Waals surface area contributed by atoms with Crippen LogP contribution in [-0.2, 0) is 23.8 Å². The number of hydrogen-bond donors (Lipinski definition) is 0. The first kappa shape index (κ1) is 23.6. The van der Waals surface area contributed by atoms with Gasteiger partial charge in [-0.25, -0.2) is 9.59 Å². The fourth-order valence-electron chi connectivity index (χ4n) is 0.967. The number of esters is 2. The predicted octanol–water partition coefficient (Wildman–Crippen LogP) is 2.75. The molecule has 0 aliphatic rings. The highest BCUT2D eigenvalue weighted by atomic mass is 35.5. The molecule has 0 aliphatic carbocycles. The fourth-order valence-corrected chi connectivity index (χ4v) is 1.02. The number of carbonyl (C=O) groups excluding carboxylic acids is 2. The maximum absolute atomic E-state index is 12.8. The third-order valence-electron chi connectivity index (χ3n) is 2.16. The van der Waals surface area contributed by atoms with E-state index in [1.165, 1.54) is 0 Å². The van der Waals surface area contributed by atoms with Crippen molar-refractivity contribution in [2.45, 2.75) is 23.4 Å². The number of carbonyl (C=O) groups is 2. The molecule has 0 N–H and O–H groups in total. The van der Waals surface area contributed by atoms with Crippen LogP contribution in [0, 0.1) is 0 Å². The average molecular weight is 415 g/mol. The molecule has 148 valence electrons. The van der Waals surface area contributed by atoms with Crippen molar-refractivity contribution in [3.05, 3.63) is 0 Å². The summed E-state index contributed by atoms with van der Waals surface area (Å²) in [6.45, 7) is -3.36. The Morgan fingerprint density at radius 3 is 1.48 bits per heavy atom. The molecule has 0 aromatic carbocycles. The smallest absolute Gasteiger partial charge is 0.459 e. The van der Waals surface area contributed by atoms with E-state index < -0.39 is 61.8 Å². The zero-order chi connectivity index (χ0) is 20.1. The topological polar surface area (TPSA) is 61.8 Å². The van der Waals surface area contributed by atoms with E-state index in [1.807, 2.05) is 0 Å². The fraction of sp³-hybridized carbons (Fsp3) is 0.800. The van der Waals surface area contributed by atoms with Crippen molar-refractivity contribution < 1.29 is 63.3 Å². The van der Waals surface area contributed by atoms with Gasteiger partial charge in [0, 0.05) is 0 Å². The Labute approximate surface area is 137 Å². The van der Waals surface area contributed by atoms with Gasteiger partial charge in [0.2, 0.25) is 0 Å². The van der Waals surface area contributed by atoms with Crippen molar-refractivity contribution in [3.8, 4) is 0 Å². The number of alkyl halides is 10. The van der Waals surface area contributed by atoms with Crippen molar-refractivity contribution in [2.24, 2.45) is 0 Å². The van der Waals surface area contributed by atoms with E-state index in [9.17, 15) is 49.1 Å². The van der Waals surface area contributed by atoms with Crippen molar-refractivity contribution in [1.29, 1.82) is 0 Å². The molecule has 0 saturated heterocycles. The molecule has 0 aliphatic heterocycles. The lowest BCUT2D eigenvalue weighted by Crippen LogP contribution is -2.56. The molecule has 0 spiro atoms. The first-order valence-corrected chi connectivity index (χ1v) is 6.24. The Hall–Kier alpha value is -1.44. The summed E-state index contributed by atoms with van der Waals surface area (Å²) in [5.41, 5.74) is 0. The lowest BCUT2D eigenvalue weighted by molar-refractivity contribution is -0.348. The van der Waals surface area contributed by atoms with Gasteiger partial charge in [-0.1, -0.05) is 0 Å². The van der Waals surface area contributed by atoms with Crippen LogP contribution in [0.1, 0.15) is 0 Å². The molecule has 0 radical (unpaired) electrons. The molecule has 0 rings (SSSR count). The molecule has 0 bridgehead atoms. The minimum Gasteiger partial charge on any atom is -0.459 e. The number of hydrogen-bond acceptors (Lipinski definition) is 5. The summed E-state index contributed by atoms with van der Waals surface area (Å²) in [6.07, 6.45) is -6.69. The van der Waals surface area contributed by atoms with Gasteiger partial charge >= 0.3 is 35.3 Å². The maximum Gasteiger partial charge on any atom is 0.460 e. The van der Waals surface area contributed by atoms with Crippen LogP contribution >= 0.6 is 11.6 Å². The highest BCUT2D eigenvalue weighted by molar-refractivity contribution is 6.31. The summed E-state index contributed by atoms with van der Waals surface area (Å²) < 4.78 is 122. The Balaban J connectivity index is 4.19. The van der Waals surface area contributed by atoms with E-state index in [2.05, 4.69) is 25.8 Å². The van der Waals surface area contributed by atoms with Crippen LogP contribution in [0.3, 0.4) is 0 Å². The monoisotopic (exact) mass is 414 g/mol. The van der Waals surface area contributed by atoms with Gasteiger partial charge in [0.1, 0.15) is 13.2 Å². The number of halogens is 10. The van der Waals surface area contributed by atoms with E-state index in [0.29, 0.717) is 0 Å². The van der Waals surface area contributed by atoms with Crippen LogP contribution in [0.5, 0.6) is 0 Å². The molecular weight excluding hydrogens is 407 g/mol. The van der Waals surface area contributed by atoms with Crippen LogP contribution < -0.4 is 0 Å². The Morgan fingerprint density at radius 1 is 0.720 bits per heavy atom. The summed E-state index contributed by atoms with van der Waals surface area (Å²) in [6, 6.07) is 0. The van der Waals surface area contributed by atoms with Crippen LogP contribution in [-0.4, -0.2) is 61.8 Å². The Morgan fingerprint density at radius 2 is 1.12 bits per heavy atom. The SMILES string of the molecule is O=C(OCCOCCOC(=O)C(F)(F)C(F)(F)C(F)(F)F)C(F)(F)Cl. The second kappa shape index (κ2) is 8.29. The number of rotatable bonds is 9. The van der Waals surface area contributed by atoms with Gasteiger partial charge in [-0.15, -0.1) is 0 Å². The molecule has 0 amide bonds. The van der Waals surface area contributed by atoms with E-state index >= 15 is 0 Å². The Kier molecular flexibility index (Phi) is 7.82. The zero-order valence-electron chi connectivity index (χ0n) is 11.6. The average Bonchev–Trinajstić information content (AvgIpc) is 2.43. The summed E-state index contributed by atoms with van der Waals surface area (Å²) in [5, 5.41) is -4.29. The first-order valence-electron chi connectivity index (χ1n) is 5.86. The first-order chi connectivity index (χ1) is 11.0. The summed E-state index contributed by atoms with van der Waals surface area (Å²) >= 11 is 4.27. The van der Waals surface area contributed by atoms with Crippen molar-refractivity contribution in [2.75, 3.05) is 26.4 Å². The van der Waals surface area contributed by atoms with E-state index in [4.69, 9.17) is 0 Å². The summed E-state index contributed by atoms with van der Waals surface area (Å²) in [7, 11) is 0. The van der Waals surface area contributed by atoms with E-state index in [-0.39, 0.29) is 0 Å². The van der Waals surface area contributed by atoms with Gasteiger partial charge < -0.3 is 14.2 Å². The van der Waals surface area contributed by atoms with Gasteiger partial charge in [0.15, 0.2) is 0 Å². The third kappa shape index (κ3) is 6.41. The van der Waals surface area contributed by atoms with Gasteiger partial charge in [0.25, 0.3) is 0 Å². The largest absolute Gasteiger partial charge is 0.460 e. The molecule has 0 aromatic rings. The molecule has 0 atom stereocenters. The molecule has 0 fully saturated rings. The Bertz CT molecular complexity index is 474. The lowest BCUT2D eigenvalue weighted by Gasteiger charge is -2.26. The van der Waals surface area contributed by atoms with E-state index in [0.717, 1.165) is 0 Å². The molecule has 0 aromatic heterocycles. The molecular formula is C10H8ClF9O5. The molecule has 25 heavy (non-hydrogen) atoms. The van der Waals surface area contributed by atoms with Crippen LogP contribution in [0.25, 0.3) is 0 Å². The van der Waals surface area contributed by atoms with E-state index in [1.54, 1.807) is 0 Å². The van der Waals surface area contributed by atoms with Gasteiger partial charge in [-0.3, -0.25) is 0 Å². The molecule has 0 saturated carbocycles. The summed E-state index contributed by atoms with van der Waals surface area (Å²) in [4.78, 5) is 21.1. The second-order valence-electron chi connectivity index (χ2n) is 4.03. The molecule has 0 heterocycles. The van der Waals surface area contributed by atoms with Crippen molar-refractivity contribution >= 4 is 23.5 Å². The van der Waals surface area contributed by atoms with Gasteiger partial charge in [-0.2, -0.15) is 39.5 Å². The zero-order valence-corrected chi connectivity index (χ0v) is 12.4. The highest BCUT2D eigenvalue weighted by Crippen LogP contribution is 2.46. The highest BCUT2D eigenvalue weighted by Gasteiger charge is 2.77. The lowest BCUT2D eigenvalue weighted by atomic mass is 10.1. The predicted molar refractivity (Wildman–Crippen MR) is 59.5 cm³/mol. The van der Waals surface area contributed by atoms with Crippen LogP contribution in [0.4, 0.5) is 39.5 Å².